The number of nitrogens with one attached hydrogen (secondary N) is 1. The Balaban J connectivity index is 2.01. The van der Waals surface area contributed by atoms with Gasteiger partial charge < -0.3 is 14.6 Å². The minimum atomic E-state index is -1.42. The fourth-order valence-electron chi connectivity index (χ4n) is 2.65. The summed E-state index contributed by atoms with van der Waals surface area (Å²) in [5.41, 5.74) is 2.12. The number of H-pyrrole nitrogens is 1. The van der Waals surface area contributed by atoms with Gasteiger partial charge in [-0.25, -0.2) is 0 Å². The van der Waals surface area contributed by atoms with Gasteiger partial charge in [0.1, 0.15) is 5.75 Å². The lowest BCUT2D eigenvalue weighted by Crippen LogP contribution is -2.34. The van der Waals surface area contributed by atoms with E-state index in [0.29, 0.717) is 18.8 Å². The van der Waals surface area contributed by atoms with Crippen molar-refractivity contribution in [2.75, 3.05) is 23.8 Å². The Bertz CT molecular complexity index is 863. The van der Waals surface area contributed by atoms with Crippen molar-refractivity contribution in [2.24, 2.45) is 0 Å². The molecule has 0 spiro atoms. The summed E-state index contributed by atoms with van der Waals surface area (Å²) in [6.07, 6.45) is 2.29. The van der Waals surface area contributed by atoms with Crippen molar-refractivity contribution < 1.29 is 13.7 Å². The molecule has 1 amide bonds. The van der Waals surface area contributed by atoms with Gasteiger partial charge in [0.25, 0.3) is 0 Å². The number of aryl methyl sites for hydroxylation is 1. The van der Waals surface area contributed by atoms with Crippen LogP contribution in [0.3, 0.4) is 0 Å². The van der Waals surface area contributed by atoms with E-state index in [-0.39, 0.29) is 28.6 Å². The molecule has 1 aromatic heterocycles. The molecule has 0 radical (unpaired) electrons. The van der Waals surface area contributed by atoms with Crippen LogP contribution >= 0.6 is 0 Å². The van der Waals surface area contributed by atoms with Crippen molar-refractivity contribution in [3.05, 3.63) is 58.0 Å². The van der Waals surface area contributed by atoms with Gasteiger partial charge in [0.2, 0.25) is 11.3 Å². The number of pyridine rings is 1. The SMILES string of the molecule is CCCOc1c[nH]c(CS(=O)CC(=O)N(CC)c2cccc(C)c2)cc1=O. The second-order valence-electron chi connectivity index (χ2n) is 6.24. The van der Waals surface area contributed by atoms with E-state index in [4.69, 9.17) is 4.74 Å². The molecule has 0 bridgehead atoms. The van der Waals surface area contributed by atoms with E-state index in [1.165, 1.54) is 12.3 Å². The summed E-state index contributed by atoms with van der Waals surface area (Å²) in [5, 5.41) is 0. The van der Waals surface area contributed by atoms with Gasteiger partial charge in [-0.1, -0.05) is 19.1 Å². The number of carbonyl (C=O) groups excluding carboxylic acids is 1. The average Bonchev–Trinajstić information content (AvgIpc) is 2.61. The van der Waals surface area contributed by atoms with Gasteiger partial charge >= 0.3 is 0 Å². The van der Waals surface area contributed by atoms with Crippen molar-refractivity contribution in [2.45, 2.75) is 32.9 Å². The first kappa shape index (κ1) is 20.9. The van der Waals surface area contributed by atoms with E-state index in [0.717, 1.165) is 17.7 Å². The summed E-state index contributed by atoms with van der Waals surface area (Å²) in [6, 6.07) is 9.03. The fourth-order valence-corrected chi connectivity index (χ4v) is 3.69. The van der Waals surface area contributed by atoms with Crippen LogP contribution in [0.5, 0.6) is 5.75 Å². The van der Waals surface area contributed by atoms with Gasteiger partial charge in [-0.05, 0) is 38.0 Å². The van der Waals surface area contributed by atoms with Crippen LogP contribution in [-0.2, 0) is 21.3 Å². The number of hydrogen-bond donors (Lipinski definition) is 1. The number of hydrogen-bond acceptors (Lipinski definition) is 4. The molecule has 0 saturated carbocycles. The van der Waals surface area contributed by atoms with Gasteiger partial charge in [-0.2, -0.15) is 0 Å². The maximum atomic E-state index is 12.6. The second kappa shape index (κ2) is 10.1. The zero-order valence-corrected chi connectivity index (χ0v) is 16.8. The minimum Gasteiger partial charge on any atom is -0.488 e. The standard InChI is InChI=1S/C20H26N2O4S/c1-4-9-26-19-12-21-16(11-18(19)23)13-27(25)14-20(24)22(5-2)17-8-6-7-15(3)10-17/h6-8,10-12H,4-5,9,13-14H2,1-3H3,(H,21,23). The smallest absolute Gasteiger partial charge is 0.239 e. The van der Waals surface area contributed by atoms with Crippen LogP contribution in [0, 0.1) is 6.92 Å². The molecule has 7 heteroatoms. The number of benzene rings is 1. The zero-order chi connectivity index (χ0) is 19.8. The molecule has 1 atom stereocenters. The highest BCUT2D eigenvalue weighted by Crippen LogP contribution is 2.16. The van der Waals surface area contributed by atoms with Crippen LogP contribution in [0.2, 0.25) is 0 Å². The molecule has 27 heavy (non-hydrogen) atoms. The number of amides is 1. The normalized spacial score (nSPS) is 11.8. The summed E-state index contributed by atoms with van der Waals surface area (Å²) in [6.45, 7) is 6.77. The summed E-state index contributed by atoms with van der Waals surface area (Å²) in [4.78, 5) is 29.1. The first-order valence-corrected chi connectivity index (χ1v) is 10.5. The third-order valence-electron chi connectivity index (χ3n) is 3.93. The highest BCUT2D eigenvalue weighted by molar-refractivity contribution is 7.84. The predicted molar refractivity (Wildman–Crippen MR) is 109 cm³/mol. The van der Waals surface area contributed by atoms with E-state index in [1.54, 1.807) is 4.90 Å². The Morgan fingerprint density at radius 2 is 2.04 bits per heavy atom. The molecule has 2 aromatic rings. The zero-order valence-electron chi connectivity index (χ0n) is 16.0. The van der Waals surface area contributed by atoms with Crippen LogP contribution in [-0.4, -0.2) is 34.0 Å². The summed E-state index contributed by atoms with van der Waals surface area (Å²) in [5.74, 6) is 0.0592. The molecular formula is C20H26N2O4S. The van der Waals surface area contributed by atoms with Crippen LogP contribution in [0.25, 0.3) is 0 Å². The van der Waals surface area contributed by atoms with Crippen molar-refractivity contribution >= 4 is 22.4 Å². The fraction of sp³-hybridized carbons (Fsp3) is 0.400. The Morgan fingerprint density at radius 1 is 1.26 bits per heavy atom. The highest BCUT2D eigenvalue weighted by Gasteiger charge is 2.17. The summed E-state index contributed by atoms with van der Waals surface area (Å²) >= 11 is 0. The quantitative estimate of drug-likeness (QED) is 0.714. The molecule has 146 valence electrons. The number of ether oxygens (including phenoxy) is 1. The first-order valence-electron chi connectivity index (χ1n) is 9.01. The number of carbonyl (C=O) groups is 1. The molecule has 6 nitrogen and oxygen atoms in total. The minimum absolute atomic E-state index is 0.0993. The molecular weight excluding hydrogens is 364 g/mol. The van der Waals surface area contributed by atoms with Gasteiger partial charge in [-0.15, -0.1) is 0 Å². The van der Waals surface area contributed by atoms with Gasteiger partial charge in [0, 0.05) is 41.0 Å². The number of nitrogens with zero attached hydrogens (tertiary/aromatic N) is 1. The van der Waals surface area contributed by atoms with E-state index >= 15 is 0 Å². The lowest BCUT2D eigenvalue weighted by Gasteiger charge is -2.21. The van der Waals surface area contributed by atoms with Crippen molar-refractivity contribution in [1.29, 1.82) is 0 Å². The molecule has 1 unspecified atom stereocenters. The van der Waals surface area contributed by atoms with Gasteiger partial charge in [0.15, 0.2) is 5.75 Å². The Kier molecular flexibility index (Phi) is 7.79. The van der Waals surface area contributed by atoms with E-state index < -0.39 is 10.8 Å². The Hall–Kier alpha value is -2.41. The number of aromatic nitrogens is 1. The molecule has 0 saturated heterocycles. The maximum Gasteiger partial charge on any atom is 0.239 e. The number of rotatable bonds is 9. The molecule has 2 rings (SSSR count). The van der Waals surface area contributed by atoms with Gasteiger partial charge in [0.05, 0.1) is 12.4 Å². The van der Waals surface area contributed by atoms with Crippen LogP contribution in [0.15, 0.2) is 41.3 Å². The molecule has 0 aliphatic rings. The highest BCUT2D eigenvalue weighted by atomic mass is 32.2. The van der Waals surface area contributed by atoms with Crippen LogP contribution in [0.4, 0.5) is 5.69 Å². The molecule has 0 fully saturated rings. The second-order valence-corrected chi connectivity index (χ2v) is 7.70. The monoisotopic (exact) mass is 390 g/mol. The average molecular weight is 391 g/mol. The third kappa shape index (κ3) is 6.06. The van der Waals surface area contributed by atoms with E-state index in [9.17, 15) is 13.8 Å². The molecule has 0 aliphatic heterocycles. The van der Waals surface area contributed by atoms with E-state index in [2.05, 4.69) is 4.98 Å². The topological polar surface area (TPSA) is 79.5 Å². The molecule has 0 aliphatic carbocycles. The van der Waals surface area contributed by atoms with Crippen molar-refractivity contribution in [1.82, 2.24) is 4.98 Å². The maximum absolute atomic E-state index is 12.6. The lowest BCUT2D eigenvalue weighted by atomic mass is 10.2. The molecule has 1 heterocycles. The number of anilines is 1. The van der Waals surface area contributed by atoms with Gasteiger partial charge in [-0.3, -0.25) is 13.8 Å². The summed E-state index contributed by atoms with van der Waals surface area (Å²) < 4.78 is 17.8. The van der Waals surface area contributed by atoms with Crippen LogP contribution in [0.1, 0.15) is 31.5 Å². The largest absolute Gasteiger partial charge is 0.488 e. The van der Waals surface area contributed by atoms with E-state index in [1.807, 2.05) is 45.0 Å². The summed E-state index contributed by atoms with van der Waals surface area (Å²) in [7, 11) is -1.42. The molecule has 1 aromatic carbocycles. The Labute approximate surface area is 162 Å². The van der Waals surface area contributed by atoms with Crippen molar-refractivity contribution in [3.63, 3.8) is 0 Å². The first-order chi connectivity index (χ1) is 12.9. The Morgan fingerprint density at radius 3 is 2.67 bits per heavy atom. The van der Waals surface area contributed by atoms with Crippen molar-refractivity contribution in [3.8, 4) is 5.75 Å². The lowest BCUT2D eigenvalue weighted by molar-refractivity contribution is -0.116. The van der Waals surface area contributed by atoms with Crippen LogP contribution < -0.4 is 15.1 Å². The predicted octanol–water partition coefficient (Wildman–Crippen LogP) is 2.77. The number of aromatic amines is 1. The third-order valence-corrected chi connectivity index (χ3v) is 5.13. The molecule has 1 N–H and O–H groups in total.